The van der Waals surface area contributed by atoms with Crippen LogP contribution in [-0.4, -0.2) is 68.2 Å². The summed E-state index contributed by atoms with van der Waals surface area (Å²) in [6, 6.07) is 6.48. The Bertz CT molecular complexity index is 602. The predicted molar refractivity (Wildman–Crippen MR) is 102 cm³/mol. The van der Waals surface area contributed by atoms with Gasteiger partial charge in [0.1, 0.15) is 6.61 Å². The molecular formula is C20H31N3O3. The van der Waals surface area contributed by atoms with Gasteiger partial charge in [-0.3, -0.25) is 14.6 Å². The third kappa shape index (κ3) is 5.11. The number of carbonyl (C=O) groups excluding carboxylic acids is 1. The normalized spacial score (nSPS) is 22.1. The van der Waals surface area contributed by atoms with E-state index in [1.807, 2.05) is 6.07 Å². The molecule has 0 aliphatic carbocycles. The molecule has 2 aliphatic heterocycles. The fraction of sp³-hybridized carbons (Fsp3) is 0.650. The first-order chi connectivity index (χ1) is 12.7. The number of benzene rings is 1. The summed E-state index contributed by atoms with van der Waals surface area (Å²) in [5, 5.41) is 2.96. The van der Waals surface area contributed by atoms with Gasteiger partial charge in [0, 0.05) is 38.6 Å². The standard InChI is InChI=1S/C20H31N3O3/c1-16-14-21-20(24)7-10-23(16)15-17-5-6-18(19(13-17)25-2)26-12-11-22-8-3-4-9-22/h5-6,13,16H,3-4,7-12,14-15H2,1-2H3,(H,21,24)/t16-/m0/s1. The Morgan fingerprint density at radius 1 is 1.19 bits per heavy atom. The van der Waals surface area contributed by atoms with Crippen LogP contribution in [0.1, 0.15) is 31.7 Å². The number of hydrogen-bond donors (Lipinski definition) is 1. The molecule has 1 aromatic rings. The molecule has 1 aromatic carbocycles. The highest BCUT2D eigenvalue weighted by Gasteiger charge is 2.20. The van der Waals surface area contributed by atoms with E-state index < -0.39 is 0 Å². The van der Waals surface area contributed by atoms with E-state index in [-0.39, 0.29) is 5.91 Å². The van der Waals surface area contributed by atoms with Crippen molar-refractivity contribution in [3.63, 3.8) is 0 Å². The topological polar surface area (TPSA) is 54.0 Å². The molecule has 2 aliphatic rings. The fourth-order valence-electron chi connectivity index (χ4n) is 3.63. The molecule has 144 valence electrons. The molecule has 2 fully saturated rings. The monoisotopic (exact) mass is 361 g/mol. The van der Waals surface area contributed by atoms with Crippen molar-refractivity contribution in [3.8, 4) is 11.5 Å². The van der Waals surface area contributed by atoms with Gasteiger partial charge in [0.25, 0.3) is 0 Å². The van der Waals surface area contributed by atoms with E-state index in [9.17, 15) is 4.79 Å². The number of amides is 1. The summed E-state index contributed by atoms with van der Waals surface area (Å²) in [6.07, 6.45) is 3.15. The van der Waals surface area contributed by atoms with Gasteiger partial charge in [-0.15, -0.1) is 0 Å². The number of nitrogens with one attached hydrogen (secondary N) is 1. The van der Waals surface area contributed by atoms with Crippen molar-refractivity contribution in [2.75, 3.05) is 46.4 Å². The lowest BCUT2D eigenvalue weighted by Crippen LogP contribution is -2.37. The van der Waals surface area contributed by atoms with Gasteiger partial charge < -0.3 is 14.8 Å². The van der Waals surface area contributed by atoms with E-state index in [4.69, 9.17) is 9.47 Å². The lowest BCUT2D eigenvalue weighted by Gasteiger charge is -2.26. The van der Waals surface area contributed by atoms with Crippen LogP contribution in [0.25, 0.3) is 0 Å². The van der Waals surface area contributed by atoms with Crippen LogP contribution >= 0.6 is 0 Å². The first-order valence-corrected chi connectivity index (χ1v) is 9.68. The van der Waals surface area contributed by atoms with Crippen molar-refractivity contribution in [2.24, 2.45) is 0 Å². The van der Waals surface area contributed by atoms with E-state index in [1.165, 1.54) is 31.5 Å². The molecule has 6 nitrogen and oxygen atoms in total. The fourth-order valence-corrected chi connectivity index (χ4v) is 3.63. The second-order valence-corrected chi connectivity index (χ2v) is 7.26. The van der Waals surface area contributed by atoms with Gasteiger partial charge in [0.05, 0.1) is 7.11 Å². The van der Waals surface area contributed by atoms with Crippen molar-refractivity contribution in [2.45, 2.75) is 38.8 Å². The molecule has 1 N–H and O–H groups in total. The van der Waals surface area contributed by atoms with Crippen molar-refractivity contribution in [1.29, 1.82) is 0 Å². The number of nitrogens with zero attached hydrogens (tertiary/aromatic N) is 2. The maximum atomic E-state index is 11.6. The maximum absolute atomic E-state index is 11.6. The Hall–Kier alpha value is -1.79. The van der Waals surface area contributed by atoms with Crippen molar-refractivity contribution in [1.82, 2.24) is 15.1 Å². The van der Waals surface area contributed by atoms with E-state index in [0.29, 0.717) is 25.6 Å². The third-order valence-corrected chi connectivity index (χ3v) is 5.32. The van der Waals surface area contributed by atoms with E-state index in [0.717, 1.165) is 31.1 Å². The summed E-state index contributed by atoms with van der Waals surface area (Å²) in [4.78, 5) is 16.4. The third-order valence-electron chi connectivity index (χ3n) is 5.32. The lowest BCUT2D eigenvalue weighted by atomic mass is 10.1. The highest BCUT2D eigenvalue weighted by molar-refractivity contribution is 5.76. The number of carbonyl (C=O) groups is 1. The minimum absolute atomic E-state index is 0.138. The molecule has 3 rings (SSSR count). The summed E-state index contributed by atoms with van der Waals surface area (Å²) in [6.45, 7) is 8.47. The highest BCUT2D eigenvalue weighted by Crippen LogP contribution is 2.29. The van der Waals surface area contributed by atoms with Crippen molar-refractivity contribution < 1.29 is 14.3 Å². The van der Waals surface area contributed by atoms with Gasteiger partial charge in [0.15, 0.2) is 11.5 Å². The van der Waals surface area contributed by atoms with Crippen molar-refractivity contribution >= 4 is 5.91 Å². The minimum atomic E-state index is 0.138. The van der Waals surface area contributed by atoms with E-state index >= 15 is 0 Å². The van der Waals surface area contributed by atoms with Gasteiger partial charge in [0.2, 0.25) is 5.91 Å². The molecular weight excluding hydrogens is 330 g/mol. The molecule has 1 amide bonds. The zero-order valence-corrected chi connectivity index (χ0v) is 16.0. The van der Waals surface area contributed by atoms with Gasteiger partial charge >= 0.3 is 0 Å². The van der Waals surface area contributed by atoms with Crippen LogP contribution in [-0.2, 0) is 11.3 Å². The quantitative estimate of drug-likeness (QED) is 0.804. The number of likely N-dealkylation sites (tertiary alicyclic amines) is 1. The summed E-state index contributed by atoms with van der Waals surface area (Å²) < 4.78 is 11.5. The molecule has 0 aromatic heterocycles. The zero-order chi connectivity index (χ0) is 18.4. The average Bonchev–Trinajstić information content (AvgIpc) is 3.11. The number of ether oxygens (including phenoxy) is 2. The van der Waals surface area contributed by atoms with Crippen LogP contribution in [0, 0.1) is 0 Å². The van der Waals surface area contributed by atoms with Gasteiger partial charge in [-0.25, -0.2) is 0 Å². The maximum Gasteiger partial charge on any atom is 0.221 e. The summed E-state index contributed by atoms with van der Waals surface area (Å²) >= 11 is 0. The average molecular weight is 361 g/mol. The van der Waals surface area contributed by atoms with Crippen LogP contribution < -0.4 is 14.8 Å². The molecule has 2 saturated heterocycles. The van der Waals surface area contributed by atoms with Crippen LogP contribution in [0.3, 0.4) is 0 Å². The molecule has 0 spiro atoms. The summed E-state index contributed by atoms with van der Waals surface area (Å²) in [5.41, 5.74) is 1.18. The molecule has 0 radical (unpaired) electrons. The first kappa shape index (κ1) is 19.0. The minimum Gasteiger partial charge on any atom is -0.493 e. The number of methoxy groups -OCH3 is 1. The van der Waals surface area contributed by atoms with Gasteiger partial charge in [-0.05, 0) is 50.6 Å². The largest absolute Gasteiger partial charge is 0.493 e. The van der Waals surface area contributed by atoms with E-state index in [2.05, 4.69) is 34.2 Å². The second-order valence-electron chi connectivity index (χ2n) is 7.26. The van der Waals surface area contributed by atoms with Crippen LogP contribution in [0.15, 0.2) is 18.2 Å². The number of rotatable bonds is 7. The Labute approximate surface area is 156 Å². The molecule has 26 heavy (non-hydrogen) atoms. The number of hydrogen-bond acceptors (Lipinski definition) is 5. The zero-order valence-electron chi connectivity index (χ0n) is 16.0. The first-order valence-electron chi connectivity index (χ1n) is 9.68. The smallest absolute Gasteiger partial charge is 0.221 e. The van der Waals surface area contributed by atoms with Gasteiger partial charge in [-0.1, -0.05) is 6.07 Å². The van der Waals surface area contributed by atoms with Crippen molar-refractivity contribution in [3.05, 3.63) is 23.8 Å². The molecule has 1 atom stereocenters. The molecule has 6 heteroatoms. The second kappa shape index (κ2) is 9.24. The summed E-state index contributed by atoms with van der Waals surface area (Å²) in [7, 11) is 1.68. The molecule has 0 unspecified atom stereocenters. The SMILES string of the molecule is COc1cc(CN2CCC(=O)NC[C@@H]2C)ccc1OCCN1CCCC1. The Balaban J connectivity index is 1.57. The van der Waals surface area contributed by atoms with Crippen LogP contribution in [0.5, 0.6) is 11.5 Å². The Morgan fingerprint density at radius 3 is 2.77 bits per heavy atom. The molecule has 0 bridgehead atoms. The van der Waals surface area contributed by atoms with Crippen LogP contribution in [0.4, 0.5) is 0 Å². The molecule has 2 heterocycles. The summed E-state index contributed by atoms with van der Waals surface area (Å²) in [5.74, 6) is 1.72. The molecule has 0 saturated carbocycles. The van der Waals surface area contributed by atoms with E-state index in [1.54, 1.807) is 7.11 Å². The highest BCUT2D eigenvalue weighted by atomic mass is 16.5. The van der Waals surface area contributed by atoms with Crippen LogP contribution in [0.2, 0.25) is 0 Å². The Kier molecular flexibility index (Phi) is 6.74. The lowest BCUT2D eigenvalue weighted by molar-refractivity contribution is -0.120. The predicted octanol–water partition coefficient (Wildman–Crippen LogP) is 1.88. The Morgan fingerprint density at radius 2 is 2.00 bits per heavy atom. The van der Waals surface area contributed by atoms with Gasteiger partial charge in [-0.2, -0.15) is 0 Å².